The van der Waals surface area contributed by atoms with E-state index in [0.717, 1.165) is 19.4 Å². The van der Waals surface area contributed by atoms with E-state index in [1.165, 1.54) is 5.56 Å². The van der Waals surface area contributed by atoms with Crippen molar-refractivity contribution in [3.63, 3.8) is 0 Å². The molecular weight excluding hydrogens is 186 g/mol. The number of hydrogen-bond acceptors (Lipinski definition) is 2. The quantitative estimate of drug-likeness (QED) is 0.705. The molecule has 0 aliphatic carbocycles. The fourth-order valence-corrected chi connectivity index (χ4v) is 1.52. The molecular formula is C13H18NO. The van der Waals surface area contributed by atoms with E-state index in [4.69, 9.17) is 0 Å². The molecule has 0 bridgehead atoms. The van der Waals surface area contributed by atoms with Gasteiger partial charge in [-0.3, -0.25) is 4.79 Å². The van der Waals surface area contributed by atoms with Crippen LogP contribution in [0.15, 0.2) is 30.3 Å². The Morgan fingerprint density at radius 1 is 1.27 bits per heavy atom. The van der Waals surface area contributed by atoms with Crippen molar-refractivity contribution in [2.45, 2.75) is 12.8 Å². The molecule has 0 aromatic heterocycles. The number of carbonyl (C=O) groups excluding carboxylic acids is 1. The van der Waals surface area contributed by atoms with E-state index in [2.05, 4.69) is 23.3 Å². The first-order chi connectivity index (χ1) is 7.22. The van der Waals surface area contributed by atoms with Gasteiger partial charge >= 0.3 is 0 Å². The average Bonchev–Trinajstić information content (AvgIpc) is 2.25. The van der Waals surface area contributed by atoms with Crippen LogP contribution in [0, 0.1) is 5.92 Å². The van der Waals surface area contributed by atoms with Gasteiger partial charge in [-0.05, 0) is 39.0 Å². The molecule has 0 amide bonds. The lowest BCUT2D eigenvalue weighted by molar-refractivity contribution is 0.372. The van der Waals surface area contributed by atoms with E-state index in [9.17, 15) is 4.79 Å². The zero-order valence-electron chi connectivity index (χ0n) is 9.44. The van der Waals surface area contributed by atoms with Crippen LogP contribution in [0.5, 0.6) is 0 Å². The van der Waals surface area contributed by atoms with Gasteiger partial charge in [0, 0.05) is 5.92 Å². The van der Waals surface area contributed by atoms with Gasteiger partial charge in [0.05, 0.1) is 0 Å². The first kappa shape index (κ1) is 11.9. The molecule has 2 heteroatoms. The predicted molar refractivity (Wildman–Crippen MR) is 62.5 cm³/mol. The molecule has 2 nitrogen and oxygen atoms in total. The average molecular weight is 204 g/mol. The number of benzene rings is 1. The van der Waals surface area contributed by atoms with Crippen molar-refractivity contribution in [2.24, 2.45) is 5.92 Å². The van der Waals surface area contributed by atoms with Crippen molar-refractivity contribution < 1.29 is 4.79 Å². The fourth-order valence-electron chi connectivity index (χ4n) is 1.52. The molecule has 1 aromatic rings. The maximum atomic E-state index is 10.8. The number of rotatable bonds is 6. The standard InChI is InChI=1S/C13H18NO/c1-14(2)9-8-13(11-15)10-12-6-4-3-5-7-12/h3-7,13H,8-10H2,1-2H3. The topological polar surface area (TPSA) is 20.3 Å². The Morgan fingerprint density at radius 3 is 2.47 bits per heavy atom. The SMILES string of the molecule is CN(C)CCC([C]=O)Cc1ccccc1. The molecule has 0 heterocycles. The Labute approximate surface area is 91.9 Å². The third-order valence-corrected chi connectivity index (χ3v) is 2.42. The summed E-state index contributed by atoms with van der Waals surface area (Å²) in [5.41, 5.74) is 1.21. The van der Waals surface area contributed by atoms with Crippen LogP contribution in [0.2, 0.25) is 0 Å². The summed E-state index contributed by atoms with van der Waals surface area (Å²) < 4.78 is 0. The molecule has 1 unspecified atom stereocenters. The van der Waals surface area contributed by atoms with Crippen molar-refractivity contribution in [2.75, 3.05) is 20.6 Å². The molecule has 1 aromatic carbocycles. The van der Waals surface area contributed by atoms with E-state index in [1.807, 2.05) is 32.3 Å². The molecule has 1 atom stereocenters. The van der Waals surface area contributed by atoms with E-state index >= 15 is 0 Å². The van der Waals surface area contributed by atoms with Gasteiger partial charge in [0.15, 0.2) is 0 Å². The van der Waals surface area contributed by atoms with Gasteiger partial charge in [-0.2, -0.15) is 0 Å². The molecule has 81 valence electrons. The second-order valence-corrected chi connectivity index (χ2v) is 4.10. The van der Waals surface area contributed by atoms with Gasteiger partial charge in [0.25, 0.3) is 0 Å². The lowest BCUT2D eigenvalue weighted by atomic mass is 9.97. The number of hydrogen-bond donors (Lipinski definition) is 0. The molecule has 0 aliphatic heterocycles. The highest BCUT2D eigenvalue weighted by molar-refractivity contribution is 5.55. The largest absolute Gasteiger partial charge is 0.309 e. The lowest BCUT2D eigenvalue weighted by Gasteiger charge is -2.13. The smallest absolute Gasteiger partial charge is 0.202 e. The summed E-state index contributed by atoms with van der Waals surface area (Å²) in [4.78, 5) is 12.9. The maximum absolute atomic E-state index is 10.8. The van der Waals surface area contributed by atoms with Crippen molar-refractivity contribution in [1.29, 1.82) is 0 Å². The van der Waals surface area contributed by atoms with Crippen LogP contribution in [-0.2, 0) is 11.2 Å². The van der Waals surface area contributed by atoms with Crippen molar-refractivity contribution in [3.8, 4) is 0 Å². The highest BCUT2D eigenvalue weighted by atomic mass is 16.1. The van der Waals surface area contributed by atoms with Crippen LogP contribution in [0.4, 0.5) is 0 Å². The highest BCUT2D eigenvalue weighted by Gasteiger charge is 2.09. The normalized spacial score (nSPS) is 12.7. The lowest BCUT2D eigenvalue weighted by Crippen LogP contribution is -2.18. The van der Waals surface area contributed by atoms with Crippen LogP contribution in [-0.4, -0.2) is 31.8 Å². The first-order valence-corrected chi connectivity index (χ1v) is 5.28. The van der Waals surface area contributed by atoms with Gasteiger partial charge in [-0.15, -0.1) is 0 Å². The molecule has 1 rings (SSSR count). The third kappa shape index (κ3) is 4.75. The Bertz CT molecular complexity index is 282. The van der Waals surface area contributed by atoms with Crippen molar-refractivity contribution in [3.05, 3.63) is 35.9 Å². The second-order valence-electron chi connectivity index (χ2n) is 4.10. The Morgan fingerprint density at radius 2 is 1.93 bits per heavy atom. The minimum atomic E-state index is 0.0230. The fraction of sp³-hybridized carbons (Fsp3) is 0.462. The first-order valence-electron chi connectivity index (χ1n) is 5.28. The van der Waals surface area contributed by atoms with Crippen LogP contribution in [0.3, 0.4) is 0 Å². The summed E-state index contributed by atoms with van der Waals surface area (Å²) in [5.74, 6) is 0.0230. The molecule has 0 spiro atoms. The summed E-state index contributed by atoms with van der Waals surface area (Å²) in [6.07, 6.45) is 3.81. The zero-order valence-corrected chi connectivity index (χ0v) is 9.44. The summed E-state index contributed by atoms with van der Waals surface area (Å²) in [6, 6.07) is 10.1. The molecule has 0 aliphatic rings. The van der Waals surface area contributed by atoms with Gasteiger partial charge in [-0.25, -0.2) is 0 Å². The highest BCUT2D eigenvalue weighted by Crippen LogP contribution is 2.10. The second kappa shape index (κ2) is 6.36. The Hall–Kier alpha value is -1.15. The summed E-state index contributed by atoms with van der Waals surface area (Å²) in [5, 5.41) is 0. The van der Waals surface area contributed by atoms with Gasteiger partial charge in [0.2, 0.25) is 6.29 Å². The van der Waals surface area contributed by atoms with Gasteiger partial charge < -0.3 is 4.90 Å². The van der Waals surface area contributed by atoms with Crippen LogP contribution in [0.25, 0.3) is 0 Å². The molecule has 0 N–H and O–H groups in total. The molecule has 0 saturated heterocycles. The monoisotopic (exact) mass is 204 g/mol. The predicted octanol–water partition coefficient (Wildman–Crippen LogP) is 1.91. The van der Waals surface area contributed by atoms with Gasteiger partial charge in [0.1, 0.15) is 0 Å². The summed E-state index contributed by atoms with van der Waals surface area (Å²) in [6.45, 7) is 0.937. The molecule has 15 heavy (non-hydrogen) atoms. The van der Waals surface area contributed by atoms with Crippen LogP contribution >= 0.6 is 0 Å². The van der Waals surface area contributed by atoms with Crippen LogP contribution in [0.1, 0.15) is 12.0 Å². The molecule has 1 radical (unpaired) electrons. The minimum Gasteiger partial charge on any atom is -0.309 e. The summed E-state index contributed by atoms with van der Waals surface area (Å²) >= 11 is 0. The van der Waals surface area contributed by atoms with Crippen LogP contribution < -0.4 is 0 Å². The third-order valence-electron chi connectivity index (χ3n) is 2.42. The number of nitrogens with zero attached hydrogens (tertiary/aromatic N) is 1. The minimum absolute atomic E-state index is 0.0230. The molecule has 0 fully saturated rings. The van der Waals surface area contributed by atoms with E-state index < -0.39 is 0 Å². The van der Waals surface area contributed by atoms with Gasteiger partial charge in [-0.1, -0.05) is 30.3 Å². The van der Waals surface area contributed by atoms with Crippen molar-refractivity contribution >= 4 is 6.29 Å². The Kier molecular flexibility index (Phi) is 5.05. The summed E-state index contributed by atoms with van der Waals surface area (Å²) in [7, 11) is 4.04. The van der Waals surface area contributed by atoms with E-state index in [0.29, 0.717) is 0 Å². The Balaban J connectivity index is 2.43. The van der Waals surface area contributed by atoms with E-state index in [-0.39, 0.29) is 5.92 Å². The maximum Gasteiger partial charge on any atom is 0.202 e. The van der Waals surface area contributed by atoms with E-state index in [1.54, 1.807) is 0 Å². The zero-order chi connectivity index (χ0) is 11.1. The molecule has 0 saturated carbocycles. The van der Waals surface area contributed by atoms with Crippen molar-refractivity contribution in [1.82, 2.24) is 4.90 Å².